The average Bonchev–Trinajstić information content (AvgIpc) is 2.36. The van der Waals surface area contributed by atoms with Gasteiger partial charge in [0.2, 0.25) is 5.91 Å². The lowest BCUT2D eigenvalue weighted by Gasteiger charge is -2.24. The SMILES string of the molecule is COc1ccc2c(c1)NC(=O)CCC2(C)C. The Hall–Kier alpha value is -1.51. The minimum atomic E-state index is 0.0285. The van der Waals surface area contributed by atoms with Crippen LogP contribution in [0.2, 0.25) is 0 Å². The summed E-state index contributed by atoms with van der Waals surface area (Å²) in [4.78, 5) is 11.6. The molecule has 0 saturated carbocycles. The molecule has 0 aliphatic carbocycles. The van der Waals surface area contributed by atoms with E-state index in [1.165, 1.54) is 5.56 Å². The lowest BCUT2D eigenvalue weighted by molar-refractivity contribution is -0.116. The molecule has 3 nitrogen and oxygen atoms in total. The van der Waals surface area contributed by atoms with Crippen molar-refractivity contribution in [3.05, 3.63) is 23.8 Å². The van der Waals surface area contributed by atoms with Crippen LogP contribution in [-0.4, -0.2) is 13.0 Å². The highest BCUT2D eigenvalue weighted by Gasteiger charge is 2.28. The molecule has 1 aliphatic rings. The molecule has 0 radical (unpaired) electrons. The minimum absolute atomic E-state index is 0.0285. The highest BCUT2D eigenvalue weighted by Crippen LogP contribution is 2.38. The topological polar surface area (TPSA) is 38.3 Å². The summed E-state index contributed by atoms with van der Waals surface area (Å²) in [6, 6.07) is 5.87. The van der Waals surface area contributed by atoms with Gasteiger partial charge < -0.3 is 10.1 Å². The quantitative estimate of drug-likeness (QED) is 0.788. The third-order valence-electron chi connectivity index (χ3n) is 3.21. The first-order chi connectivity index (χ1) is 7.53. The Kier molecular flexibility index (Phi) is 2.62. The maximum Gasteiger partial charge on any atom is 0.224 e. The Labute approximate surface area is 95.8 Å². The summed E-state index contributed by atoms with van der Waals surface area (Å²) in [7, 11) is 1.63. The van der Waals surface area contributed by atoms with Crippen LogP contribution in [-0.2, 0) is 10.2 Å². The van der Waals surface area contributed by atoms with Gasteiger partial charge in [0, 0.05) is 18.2 Å². The smallest absolute Gasteiger partial charge is 0.224 e. The standard InChI is InChI=1S/C13H17NO2/c1-13(2)7-6-12(15)14-11-8-9(16-3)4-5-10(11)13/h4-5,8H,6-7H2,1-3H3,(H,14,15). The first-order valence-corrected chi connectivity index (χ1v) is 5.51. The third kappa shape index (κ3) is 1.90. The molecule has 1 heterocycles. The molecule has 0 saturated heterocycles. The Balaban J connectivity index is 2.51. The molecule has 16 heavy (non-hydrogen) atoms. The number of nitrogens with one attached hydrogen (secondary N) is 1. The first kappa shape index (κ1) is 11.0. The van der Waals surface area contributed by atoms with Crippen molar-refractivity contribution in [2.24, 2.45) is 0 Å². The lowest BCUT2D eigenvalue weighted by atomic mass is 9.80. The first-order valence-electron chi connectivity index (χ1n) is 5.51. The van der Waals surface area contributed by atoms with Crippen molar-refractivity contribution < 1.29 is 9.53 Å². The largest absolute Gasteiger partial charge is 0.497 e. The normalized spacial score (nSPS) is 18.3. The van der Waals surface area contributed by atoms with Crippen molar-refractivity contribution in [2.45, 2.75) is 32.1 Å². The zero-order valence-corrected chi connectivity index (χ0v) is 9.96. The number of fused-ring (bicyclic) bond motifs is 1. The van der Waals surface area contributed by atoms with Gasteiger partial charge in [-0.25, -0.2) is 0 Å². The molecular formula is C13H17NO2. The Bertz CT molecular complexity index is 424. The van der Waals surface area contributed by atoms with E-state index >= 15 is 0 Å². The van der Waals surface area contributed by atoms with Crippen molar-refractivity contribution in [3.63, 3.8) is 0 Å². The van der Waals surface area contributed by atoms with Crippen molar-refractivity contribution in [1.82, 2.24) is 0 Å². The molecule has 0 aromatic heterocycles. The summed E-state index contributed by atoms with van der Waals surface area (Å²) in [6.07, 6.45) is 1.45. The molecule has 0 atom stereocenters. The summed E-state index contributed by atoms with van der Waals surface area (Å²) in [5, 5.41) is 2.93. The summed E-state index contributed by atoms with van der Waals surface area (Å²) in [6.45, 7) is 4.33. The number of hydrogen-bond donors (Lipinski definition) is 1. The van der Waals surface area contributed by atoms with Crippen LogP contribution >= 0.6 is 0 Å². The molecule has 0 bridgehead atoms. The van der Waals surface area contributed by atoms with Gasteiger partial charge in [-0.2, -0.15) is 0 Å². The molecule has 1 aliphatic heterocycles. The summed E-state index contributed by atoms with van der Waals surface area (Å²) in [5.74, 6) is 0.858. The number of ether oxygens (including phenoxy) is 1. The van der Waals surface area contributed by atoms with Gasteiger partial charge in [-0.05, 0) is 23.5 Å². The van der Waals surface area contributed by atoms with Crippen LogP contribution in [0.15, 0.2) is 18.2 Å². The predicted octanol–water partition coefficient (Wildman–Crippen LogP) is 2.71. The molecule has 1 aromatic rings. The molecule has 1 amide bonds. The number of rotatable bonds is 1. The minimum Gasteiger partial charge on any atom is -0.497 e. The fraction of sp³-hybridized carbons (Fsp3) is 0.462. The van der Waals surface area contributed by atoms with E-state index in [1.54, 1.807) is 7.11 Å². The second-order valence-electron chi connectivity index (χ2n) is 4.84. The molecule has 2 rings (SSSR count). The van der Waals surface area contributed by atoms with Crippen molar-refractivity contribution in [3.8, 4) is 5.75 Å². The molecular weight excluding hydrogens is 202 g/mol. The van der Waals surface area contributed by atoms with Gasteiger partial charge in [0.15, 0.2) is 0 Å². The molecule has 1 aromatic carbocycles. The van der Waals surface area contributed by atoms with Gasteiger partial charge in [-0.1, -0.05) is 19.9 Å². The molecule has 1 N–H and O–H groups in total. The van der Waals surface area contributed by atoms with Crippen LogP contribution in [0, 0.1) is 0 Å². The average molecular weight is 219 g/mol. The molecule has 0 unspecified atom stereocenters. The maximum absolute atomic E-state index is 11.6. The Morgan fingerprint density at radius 2 is 2.12 bits per heavy atom. The van der Waals surface area contributed by atoms with Crippen molar-refractivity contribution in [2.75, 3.05) is 12.4 Å². The van der Waals surface area contributed by atoms with E-state index in [0.717, 1.165) is 17.9 Å². The number of amides is 1. The summed E-state index contributed by atoms with van der Waals surface area (Å²) < 4.78 is 5.17. The van der Waals surface area contributed by atoms with Gasteiger partial charge in [0.25, 0.3) is 0 Å². The maximum atomic E-state index is 11.6. The van der Waals surface area contributed by atoms with E-state index in [0.29, 0.717) is 6.42 Å². The van der Waals surface area contributed by atoms with Crippen LogP contribution in [0.3, 0.4) is 0 Å². The monoisotopic (exact) mass is 219 g/mol. The van der Waals surface area contributed by atoms with E-state index < -0.39 is 0 Å². The fourth-order valence-corrected chi connectivity index (χ4v) is 2.12. The third-order valence-corrected chi connectivity index (χ3v) is 3.21. The summed E-state index contributed by atoms with van der Waals surface area (Å²) >= 11 is 0. The van der Waals surface area contributed by atoms with Crippen LogP contribution in [0.1, 0.15) is 32.3 Å². The van der Waals surface area contributed by atoms with Gasteiger partial charge in [0.05, 0.1) is 7.11 Å². The number of benzene rings is 1. The molecule has 86 valence electrons. The van der Waals surface area contributed by atoms with E-state index in [-0.39, 0.29) is 11.3 Å². The number of anilines is 1. The lowest BCUT2D eigenvalue weighted by Crippen LogP contribution is -2.16. The molecule has 0 spiro atoms. The van der Waals surface area contributed by atoms with Crippen LogP contribution in [0.5, 0.6) is 5.75 Å². The van der Waals surface area contributed by atoms with E-state index in [9.17, 15) is 4.79 Å². The molecule has 0 fully saturated rings. The highest BCUT2D eigenvalue weighted by atomic mass is 16.5. The number of carbonyl (C=O) groups is 1. The number of methoxy groups -OCH3 is 1. The Morgan fingerprint density at radius 3 is 2.81 bits per heavy atom. The van der Waals surface area contributed by atoms with Crippen molar-refractivity contribution >= 4 is 11.6 Å². The van der Waals surface area contributed by atoms with Crippen molar-refractivity contribution in [1.29, 1.82) is 0 Å². The zero-order valence-electron chi connectivity index (χ0n) is 9.96. The Morgan fingerprint density at radius 1 is 1.38 bits per heavy atom. The van der Waals surface area contributed by atoms with Gasteiger partial charge in [-0.15, -0.1) is 0 Å². The zero-order chi connectivity index (χ0) is 11.8. The second kappa shape index (κ2) is 3.81. The van der Waals surface area contributed by atoms with E-state index in [1.807, 2.05) is 18.2 Å². The summed E-state index contributed by atoms with van der Waals surface area (Å²) in [5.41, 5.74) is 2.09. The number of hydrogen-bond acceptors (Lipinski definition) is 2. The number of carbonyl (C=O) groups excluding carboxylic acids is 1. The van der Waals surface area contributed by atoms with E-state index in [2.05, 4.69) is 19.2 Å². The van der Waals surface area contributed by atoms with Gasteiger partial charge >= 0.3 is 0 Å². The molecule has 3 heteroatoms. The van der Waals surface area contributed by atoms with Gasteiger partial charge in [-0.3, -0.25) is 4.79 Å². The second-order valence-corrected chi connectivity index (χ2v) is 4.84. The van der Waals surface area contributed by atoms with Crippen LogP contribution in [0.25, 0.3) is 0 Å². The van der Waals surface area contributed by atoms with E-state index in [4.69, 9.17) is 4.74 Å². The highest BCUT2D eigenvalue weighted by molar-refractivity contribution is 5.93. The van der Waals surface area contributed by atoms with Gasteiger partial charge in [0.1, 0.15) is 5.75 Å². The van der Waals surface area contributed by atoms with Crippen LogP contribution in [0.4, 0.5) is 5.69 Å². The van der Waals surface area contributed by atoms with Crippen LogP contribution < -0.4 is 10.1 Å². The fourth-order valence-electron chi connectivity index (χ4n) is 2.12. The predicted molar refractivity (Wildman–Crippen MR) is 63.9 cm³/mol.